The van der Waals surface area contributed by atoms with Gasteiger partial charge >= 0.3 is 0 Å². The van der Waals surface area contributed by atoms with Gasteiger partial charge in [0, 0.05) is 5.02 Å². The highest BCUT2D eigenvalue weighted by Crippen LogP contribution is 2.22. The number of rotatable bonds is 4. The normalized spacial score (nSPS) is 13.2. The van der Waals surface area contributed by atoms with E-state index in [2.05, 4.69) is 13.8 Å². The summed E-state index contributed by atoms with van der Waals surface area (Å²) in [5.41, 5.74) is 0.954. The number of halogens is 1. The number of hydrogen-bond donors (Lipinski definition) is 1. The molecular weight excluding hydrogens is 196 g/mol. The summed E-state index contributed by atoms with van der Waals surface area (Å²) < 4.78 is 0. The molecule has 0 aliphatic heterocycles. The van der Waals surface area contributed by atoms with Crippen LogP contribution in [-0.4, -0.2) is 5.11 Å². The second-order valence-corrected chi connectivity index (χ2v) is 4.47. The van der Waals surface area contributed by atoms with E-state index in [1.165, 1.54) is 0 Å². The Bertz CT molecular complexity index is 266. The van der Waals surface area contributed by atoms with E-state index in [0.717, 1.165) is 18.4 Å². The number of aliphatic hydroxyl groups is 1. The van der Waals surface area contributed by atoms with Gasteiger partial charge in [0.2, 0.25) is 0 Å². The van der Waals surface area contributed by atoms with E-state index in [0.29, 0.717) is 10.9 Å². The van der Waals surface area contributed by atoms with E-state index < -0.39 is 0 Å². The Morgan fingerprint density at radius 1 is 1.14 bits per heavy atom. The lowest BCUT2D eigenvalue weighted by atomic mass is 10.0. The molecule has 0 aromatic heterocycles. The molecule has 1 aromatic carbocycles. The third-order valence-corrected chi connectivity index (χ3v) is 2.52. The van der Waals surface area contributed by atoms with Crippen molar-refractivity contribution in [2.75, 3.05) is 0 Å². The monoisotopic (exact) mass is 212 g/mol. The summed E-state index contributed by atoms with van der Waals surface area (Å²) in [5.74, 6) is 0.636. The molecule has 1 nitrogen and oxygen atoms in total. The van der Waals surface area contributed by atoms with Crippen LogP contribution < -0.4 is 0 Å². The van der Waals surface area contributed by atoms with Crippen LogP contribution in [0.2, 0.25) is 5.02 Å². The molecule has 1 aromatic rings. The average Bonchev–Trinajstić information content (AvgIpc) is 2.15. The molecule has 0 spiro atoms. The maximum atomic E-state index is 9.82. The van der Waals surface area contributed by atoms with Crippen molar-refractivity contribution in [3.8, 4) is 0 Å². The molecule has 0 radical (unpaired) electrons. The first kappa shape index (κ1) is 11.5. The highest BCUT2D eigenvalue weighted by atomic mass is 35.5. The minimum atomic E-state index is -0.352. The van der Waals surface area contributed by atoms with Gasteiger partial charge in [-0.3, -0.25) is 0 Å². The van der Waals surface area contributed by atoms with Gasteiger partial charge in [0.25, 0.3) is 0 Å². The summed E-state index contributed by atoms with van der Waals surface area (Å²) in [7, 11) is 0. The van der Waals surface area contributed by atoms with Crippen LogP contribution in [0, 0.1) is 5.92 Å². The summed E-state index contributed by atoms with van der Waals surface area (Å²) in [6.07, 6.45) is 1.51. The maximum Gasteiger partial charge on any atom is 0.0790 e. The molecule has 1 N–H and O–H groups in total. The molecule has 78 valence electrons. The van der Waals surface area contributed by atoms with Crippen molar-refractivity contribution in [1.82, 2.24) is 0 Å². The molecule has 0 saturated carbocycles. The lowest BCUT2D eigenvalue weighted by Gasteiger charge is -2.12. The van der Waals surface area contributed by atoms with Crippen molar-refractivity contribution in [2.24, 2.45) is 5.92 Å². The fraction of sp³-hybridized carbons (Fsp3) is 0.500. The molecule has 0 saturated heterocycles. The zero-order valence-corrected chi connectivity index (χ0v) is 9.46. The fourth-order valence-corrected chi connectivity index (χ4v) is 1.47. The molecule has 0 amide bonds. The van der Waals surface area contributed by atoms with Crippen molar-refractivity contribution < 1.29 is 5.11 Å². The number of aliphatic hydroxyl groups excluding tert-OH is 1. The minimum Gasteiger partial charge on any atom is -0.388 e. The molecule has 0 aliphatic rings. The summed E-state index contributed by atoms with van der Waals surface area (Å²) in [6, 6.07) is 7.39. The van der Waals surface area contributed by atoms with Gasteiger partial charge in [-0.1, -0.05) is 37.6 Å². The van der Waals surface area contributed by atoms with Crippen molar-refractivity contribution in [2.45, 2.75) is 32.8 Å². The van der Waals surface area contributed by atoms with E-state index in [-0.39, 0.29) is 6.10 Å². The molecule has 1 unspecified atom stereocenters. The summed E-state index contributed by atoms with van der Waals surface area (Å²) >= 11 is 5.76. The first-order valence-corrected chi connectivity index (χ1v) is 5.41. The Morgan fingerprint density at radius 2 is 1.71 bits per heavy atom. The zero-order chi connectivity index (χ0) is 10.6. The highest BCUT2D eigenvalue weighted by molar-refractivity contribution is 6.30. The lowest BCUT2D eigenvalue weighted by Crippen LogP contribution is -1.99. The van der Waals surface area contributed by atoms with Crippen molar-refractivity contribution in [3.63, 3.8) is 0 Å². The van der Waals surface area contributed by atoms with Gasteiger partial charge in [-0.25, -0.2) is 0 Å². The van der Waals surface area contributed by atoms with Crippen molar-refractivity contribution in [1.29, 1.82) is 0 Å². The molecule has 1 atom stereocenters. The summed E-state index contributed by atoms with van der Waals surface area (Å²) in [4.78, 5) is 0. The van der Waals surface area contributed by atoms with Crippen LogP contribution in [-0.2, 0) is 0 Å². The predicted octanol–water partition coefficient (Wildman–Crippen LogP) is 3.81. The standard InChI is InChI=1S/C12H17ClO/c1-9(2)3-8-12(14)10-4-6-11(13)7-5-10/h4-7,9,12,14H,3,8H2,1-2H3. The predicted molar refractivity (Wildman–Crippen MR) is 60.5 cm³/mol. The Balaban J connectivity index is 2.52. The van der Waals surface area contributed by atoms with Gasteiger partial charge in [-0.2, -0.15) is 0 Å². The van der Waals surface area contributed by atoms with Crippen LogP contribution >= 0.6 is 11.6 Å². The third kappa shape index (κ3) is 3.69. The molecule has 2 heteroatoms. The zero-order valence-electron chi connectivity index (χ0n) is 8.70. The molecule has 1 rings (SSSR count). The Hall–Kier alpha value is -0.530. The molecule has 0 fully saturated rings. The van der Waals surface area contributed by atoms with Gasteiger partial charge in [0.15, 0.2) is 0 Å². The first-order chi connectivity index (χ1) is 6.59. The quantitative estimate of drug-likeness (QED) is 0.805. The molecule has 0 bridgehead atoms. The Kier molecular flexibility index (Phi) is 4.43. The molecule has 0 heterocycles. The third-order valence-electron chi connectivity index (χ3n) is 2.27. The van der Waals surface area contributed by atoms with E-state index in [1.807, 2.05) is 24.3 Å². The van der Waals surface area contributed by atoms with Crippen LogP contribution in [0.4, 0.5) is 0 Å². The van der Waals surface area contributed by atoms with Crippen LogP contribution in [0.25, 0.3) is 0 Å². The highest BCUT2D eigenvalue weighted by Gasteiger charge is 2.07. The Morgan fingerprint density at radius 3 is 2.21 bits per heavy atom. The molecule has 14 heavy (non-hydrogen) atoms. The Labute approximate surface area is 90.7 Å². The van der Waals surface area contributed by atoms with Crippen LogP contribution in [0.1, 0.15) is 38.4 Å². The second-order valence-electron chi connectivity index (χ2n) is 4.04. The van der Waals surface area contributed by atoms with Crippen LogP contribution in [0.3, 0.4) is 0 Å². The number of benzene rings is 1. The van der Waals surface area contributed by atoms with E-state index in [1.54, 1.807) is 0 Å². The van der Waals surface area contributed by atoms with Crippen molar-refractivity contribution in [3.05, 3.63) is 34.9 Å². The van der Waals surface area contributed by atoms with Crippen LogP contribution in [0.5, 0.6) is 0 Å². The maximum absolute atomic E-state index is 9.82. The SMILES string of the molecule is CC(C)CCC(O)c1ccc(Cl)cc1. The van der Waals surface area contributed by atoms with Crippen molar-refractivity contribution >= 4 is 11.6 Å². The first-order valence-electron chi connectivity index (χ1n) is 5.03. The summed E-state index contributed by atoms with van der Waals surface area (Å²) in [6.45, 7) is 4.32. The largest absolute Gasteiger partial charge is 0.388 e. The fourth-order valence-electron chi connectivity index (χ4n) is 1.34. The van der Waals surface area contributed by atoms with Gasteiger partial charge in [-0.05, 0) is 36.5 Å². The van der Waals surface area contributed by atoms with Gasteiger partial charge in [0.1, 0.15) is 0 Å². The van der Waals surface area contributed by atoms with Gasteiger partial charge in [-0.15, -0.1) is 0 Å². The van der Waals surface area contributed by atoms with Gasteiger partial charge < -0.3 is 5.11 Å². The van der Waals surface area contributed by atoms with Crippen LogP contribution in [0.15, 0.2) is 24.3 Å². The molecular formula is C12H17ClO. The molecule has 0 aliphatic carbocycles. The smallest absolute Gasteiger partial charge is 0.0790 e. The van der Waals surface area contributed by atoms with E-state index >= 15 is 0 Å². The topological polar surface area (TPSA) is 20.2 Å². The number of hydrogen-bond acceptors (Lipinski definition) is 1. The van der Waals surface area contributed by atoms with E-state index in [4.69, 9.17) is 11.6 Å². The summed E-state index contributed by atoms with van der Waals surface area (Å²) in [5, 5.41) is 10.5. The second kappa shape index (κ2) is 5.38. The van der Waals surface area contributed by atoms with Gasteiger partial charge in [0.05, 0.1) is 6.10 Å². The van der Waals surface area contributed by atoms with E-state index in [9.17, 15) is 5.11 Å². The average molecular weight is 213 g/mol. The lowest BCUT2D eigenvalue weighted by molar-refractivity contribution is 0.159. The minimum absolute atomic E-state index is 0.352.